The van der Waals surface area contributed by atoms with Gasteiger partial charge in [0.15, 0.2) is 0 Å². The maximum Gasteiger partial charge on any atom is 0.0316 e. The van der Waals surface area contributed by atoms with Crippen LogP contribution in [0, 0.1) is 5.41 Å². The Bertz CT molecular complexity index is 381. The van der Waals surface area contributed by atoms with E-state index in [9.17, 15) is 0 Å². The quantitative estimate of drug-likeness (QED) is 0.578. The number of nitrogens with two attached hydrogens (primary N) is 1. The van der Waals surface area contributed by atoms with Crippen LogP contribution in [0.4, 0.5) is 5.69 Å². The highest BCUT2D eigenvalue weighted by molar-refractivity contribution is 5.40. The van der Waals surface area contributed by atoms with E-state index in [0.29, 0.717) is 5.41 Å². The zero-order valence-electron chi connectivity index (χ0n) is 12.3. The lowest BCUT2D eigenvalue weighted by Crippen LogP contribution is -2.32. The van der Waals surface area contributed by atoms with E-state index in [1.807, 2.05) is 12.1 Å². The molecule has 3 N–H and O–H groups in total. The number of rotatable bonds is 7. The molecule has 0 bridgehead atoms. The maximum absolute atomic E-state index is 5.79. The number of nitrogens with one attached hydrogen (secondary N) is 1. The molecule has 0 aromatic heterocycles. The highest BCUT2D eigenvalue weighted by Gasteiger charge is 2.31. The molecular weight excluding hydrogens is 232 g/mol. The fraction of sp³-hybridized carbons (Fsp3) is 0.647. The van der Waals surface area contributed by atoms with Crippen molar-refractivity contribution in [1.82, 2.24) is 5.32 Å². The standard InChI is InChI=1S/C17H28N2/c1-2-17(10-3-4-11-17)14-19-12-6-8-15-7-5-9-16(18)13-15/h5,7,9,13,19H,2-4,6,8,10-12,14,18H2,1H3. The minimum atomic E-state index is 0.608. The number of anilines is 1. The van der Waals surface area contributed by atoms with Gasteiger partial charge in [0.2, 0.25) is 0 Å². The number of aryl methyl sites for hydroxylation is 1. The van der Waals surface area contributed by atoms with Crippen molar-refractivity contribution in [3.05, 3.63) is 29.8 Å². The van der Waals surface area contributed by atoms with Crippen molar-refractivity contribution in [2.75, 3.05) is 18.8 Å². The summed E-state index contributed by atoms with van der Waals surface area (Å²) in [5, 5.41) is 3.67. The number of hydrogen-bond acceptors (Lipinski definition) is 2. The van der Waals surface area contributed by atoms with Gasteiger partial charge in [-0.15, -0.1) is 0 Å². The minimum Gasteiger partial charge on any atom is -0.399 e. The lowest BCUT2D eigenvalue weighted by atomic mass is 9.83. The Morgan fingerprint density at radius 2 is 2.05 bits per heavy atom. The molecule has 19 heavy (non-hydrogen) atoms. The Kier molecular flexibility index (Phi) is 5.26. The summed E-state index contributed by atoms with van der Waals surface area (Å²) >= 11 is 0. The van der Waals surface area contributed by atoms with Crippen molar-refractivity contribution < 1.29 is 0 Å². The molecule has 1 aromatic carbocycles. The predicted octanol–water partition coefficient (Wildman–Crippen LogP) is 3.76. The Balaban J connectivity index is 1.64. The third-order valence-electron chi connectivity index (χ3n) is 4.68. The van der Waals surface area contributed by atoms with Crippen molar-refractivity contribution in [1.29, 1.82) is 0 Å². The van der Waals surface area contributed by atoms with Crippen LogP contribution in [0.2, 0.25) is 0 Å². The van der Waals surface area contributed by atoms with Crippen molar-refractivity contribution >= 4 is 5.69 Å². The second kappa shape index (κ2) is 6.95. The van der Waals surface area contributed by atoms with Gasteiger partial charge in [0, 0.05) is 12.2 Å². The molecule has 0 saturated heterocycles. The number of benzene rings is 1. The molecule has 2 heteroatoms. The average Bonchev–Trinajstić information content (AvgIpc) is 2.88. The first kappa shape index (κ1) is 14.4. The summed E-state index contributed by atoms with van der Waals surface area (Å²) in [6.45, 7) is 4.68. The SMILES string of the molecule is CCC1(CNCCCc2cccc(N)c2)CCCC1. The fourth-order valence-corrected chi connectivity index (χ4v) is 3.30. The second-order valence-corrected chi connectivity index (χ2v) is 6.09. The van der Waals surface area contributed by atoms with E-state index in [0.717, 1.165) is 18.7 Å². The summed E-state index contributed by atoms with van der Waals surface area (Å²) in [4.78, 5) is 0. The van der Waals surface area contributed by atoms with Gasteiger partial charge in [0.1, 0.15) is 0 Å². The van der Waals surface area contributed by atoms with Gasteiger partial charge in [-0.2, -0.15) is 0 Å². The van der Waals surface area contributed by atoms with E-state index >= 15 is 0 Å². The van der Waals surface area contributed by atoms with Crippen LogP contribution >= 0.6 is 0 Å². The molecular formula is C17H28N2. The van der Waals surface area contributed by atoms with E-state index in [1.54, 1.807) is 0 Å². The summed E-state index contributed by atoms with van der Waals surface area (Å²) in [6, 6.07) is 8.25. The summed E-state index contributed by atoms with van der Waals surface area (Å²) in [7, 11) is 0. The lowest BCUT2D eigenvalue weighted by molar-refractivity contribution is 0.269. The van der Waals surface area contributed by atoms with E-state index in [-0.39, 0.29) is 0 Å². The topological polar surface area (TPSA) is 38.0 Å². The molecule has 0 amide bonds. The molecule has 1 aliphatic rings. The highest BCUT2D eigenvalue weighted by Crippen LogP contribution is 2.40. The van der Waals surface area contributed by atoms with Gasteiger partial charge in [-0.05, 0) is 61.8 Å². The van der Waals surface area contributed by atoms with Gasteiger partial charge in [-0.25, -0.2) is 0 Å². The maximum atomic E-state index is 5.79. The van der Waals surface area contributed by atoms with Gasteiger partial charge in [-0.3, -0.25) is 0 Å². The van der Waals surface area contributed by atoms with Crippen molar-refractivity contribution in [3.8, 4) is 0 Å². The third-order valence-corrected chi connectivity index (χ3v) is 4.68. The zero-order chi connectivity index (χ0) is 13.6. The molecule has 0 aliphatic heterocycles. The van der Waals surface area contributed by atoms with Crippen LogP contribution in [0.5, 0.6) is 0 Å². The lowest BCUT2D eigenvalue weighted by Gasteiger charge is -2.27. The molecule has 0 radical (unpaired) electrons. The van der Waals surface area contributed by atoms with Crippen LogP contribution in [-0.4, -0.2) is 13.1 Å². The third kappa shape index (κ3) is 4.24. The Morgan fingerprint density at radius 3 is 2.74 bits per heavy atom. The number of nitrogen functional groups attached to an aromatic ring is 1. The molecule has 106 valence electrons. The van der Waals surface area contributed by atoms with Gasteiger partial charge in [-0.1, -0.05) is 31.9 Å². The Labute approximate surface area is 117 Å². The predicted molar refractivity (Wildman–Crippen MR) is 83.2 cm³/mol. The molecule has 0 spiro atoms. The molecule has 1 saturated carbocycles. The van der Waals surface area contributed by atoms with Gasteiger partial charge in [0.05, 0.1) is 0 Å². The van der Waals surface area contributed by atoms with Crippen LogP contribution in [0.3, 0.4) is 0 Å². The first-order valence-corrected chi connectivity index (χ1v) is 7.79. The largest absolute Gasteiger partial charge is 0.399 e. The first-order chi connectivity index (χ1) is 9.24. The van der Waals surface area contributed by atoms with Gasteiger partial charge in [0.25, 0.3) is 0 Å². The fourth-order valence-electron chi connectivity index (χ4n) is 3.30. The number of hydrogen-bond donors (Lipinski definition) is 2. The Hall–Kier alpha value is -1.02. The molecule has 2 rings (SSSR count). The van der Waals surface area contributed by atoms with Crippen molar-refractivity contribution in [2.45, 2.75) is 51.9 Å². The van der Waals surface area contributed by atoms with E-state index < -0.39 is 0 Å². The molecule has 0 atom stereocenters. The smallest absolute Gasteiger partial charge is 0.0316 e. The van der Waals surface area contributed by atoms with Crippen LogP contribution < -0.4 is 11.1 Å². The molecule has 2 nitrogen and oxygen atoms in total. The summed E-state index contributed by atoms with van der Waals surface area (Å²) in [6.07, 6.45) is 9.35. The molecule has 0 unspecified atom stereocenters. The average molecular weight is 260 g/mol. The molecule has 1 fully saturated rings. The van der Waals surface area contributed by atoms with Crippen molar-refractivity contribution in [3.63, 3.8) is 0 Å². The Morgan fingerprint density at radius 1 is 1.26 bits per heavy atom. The van der Waals surface area contributed by atoms with E-state index in [1.165, 1.54) is 50.6 Å². The second-order valence-electron chi connectivity index (χ2n) is 6.09. The highest BCUT2D eigenvalue weighted by atomic mass is 14.9. The van der Waals surface area contributed by atoms with Crippen LogP contribution in [0.1, 0.15) is 51.0 Å². The van der Waals surface area contributed by atoms with Crippen LogP contribution in [-0.2, 0) is 6.42 Å². The van der Waals surface area contributed by atoms with Gasteiger partial charge >= 0.3 is 0 Å². The van der Waals surface area contributed by atoms with Crippen LogP contribution in [0.15, 0.2) is 24.3 Å². The normalized spacial score (nSPS) is 17.7. The molecule has 1 aromatic rings. The van der Waals surface area contributed by atoms with Crippen LogP contribution in [0.25, 0.3) is 0 Å². The monoisotopic (exact) mass is 260 g/mol. The van der Waals surface area contributed by atoms with E-state index in [2.05, 4.69) is 24.4 Å². The first-order valence-electron chi connectivity index (χ1n) is 7.79. The molecule has 1 aliphatic carbocycles. The molecule has 0 heterocycles. The van der Waals surface area contributed by atoms with E-state index in [4.69, 9.17) is 5.73 Å². The van der Waals surface area contributed by atoms with Crippen molar-refractivity contribution in [2.24, 2.45) is 5.41 Å². The summed E-state index contributed by atoms with van der Waals surface area (Å²) in [5.74, 6) is 0. The summed E-state index contributed by atoms with van der Waals surface area (Å²) < 4.78 is 0. The zero-order valence-corrected chi connectivity index (χ0v) is 12.3. The van der Waals surface area contributed by atoms with Gasteiger partial charge < -0.3 is 11.1 Å². The minimum absolute atomic E-state index is 0.608. The summed E-state index contributed by atoms with van der Waals surface area (Å²) in [5.41, 5.74) is 8.63.